The SMILES string of the molecule is C=CNc1ccc2c(c1O)C(O)=C1C(=O)[C@]3(O)C(O)=C(C(N)=O)C(=O)[C@@H](N(C)C)[C@@H]3[C@@H](OC(=O)CC)[C@@H]1[C@H]2C. The first kappa shape index (κ1) is 27.9. The van der Waals surface area contributed by atoms with Crippen LogP contribution in [0.15, 0.2) is 41.8 Å². The molecule has 4 rings (SSSR count). The minimum atomic E-state index is -2.98. The standard InChI is InChI=1S/C27H31N3O9/c1-6-13(31)39-23-14-10(3)11-8-9-12(29-7-2)20(32)15(11)21(33)16(14)24(35)27(38)18(23)19(30(4)5)22(34)17(25(27)36)26(28)37/h7-10,14,18-19,23,29,32-33,36,38H,2,6H2,1,3-5H3,(H2,28,37)/t10-,14+,18+,19-,23-,27-/m0/s1. The topological polar surface area (TPSA) is 200 Å². The highest BCUT2D eigenvalue weighted by Crippen LogP contribution is 2.57. The summed E-state index contributed by atoms with van der Waals surface area (Å²) in [4.78, 5) is 53.8. The Morgan fingerprint density at radius 3 is 2.41 bits per heavy atom. The lowest BCUT2D eigenvalue weighted by molar-refractivity contribution is -0.185. The molecule has 208 valence electrons. The molecule has 0 unspecified atom stereocenters. The second-order valence-corrected chi connectivity index (χ2v) is 10.1. The van der Waals surface area contributed by atoms with Crippen LogP contribution < -0.4 is 11.1 Å². The van der Waals surface area contributed by atoms with Crippen molar-refractivity contribution in [3.8, 4) is 5.75 Å². The minimum absolute atomic E-state index is 0.0926. The maximum Gasteiger partial charge on any atom is 0.305 e. The zero-order valence-electron chi connectivity index (χ0n) is 21.9. The highest BCUT2D eigenvalue weighted by atomic mass is 16.5. The fourth-order valence-electron chi connectivity index (χ4n) is 6.19. The number of esters is 1. The monoisotopic (exact) mass is 541 g/mol. The number of anilines is 1. The van der Waals surface area contributed by atoms with E-state index in [0.29, 0.717) is 5.56 Å². The van der Waals surface area contributed by atoms with Crippen molar-refractivity contribution in [2.75, 3.05) is 19.4 Å². The predicted octanol–water partition coefficient (Wildman–Crippen LogP) is 1.01. The van der Waals surface area contributed by atoms with E-state index in [1.165, 1.54) is 32.1 Å². The van der Waals surface area contributed by atoms with Crippen LogP contribution in [-0.2, 0) is 23.9 Å². The number of phenols is 1. The van der Waals surface area contributed by atoms with E-state index in [9.17, 15) is 39.6 Å². The van der Waals surface area contributed by atoms with Gasteiger partial charge in [0, 0.05) is 17.9 Å². The molecule has 0 spiro atoms. The number of nitrogens with zero attached hydrogens (tertiary/aromatic N) is 1. The number of amides is 1. The van der Waals surface area contributed by atoms with Gasteiger partial charge in [0.2, 0.25) is 5.78 Å². The fourth-order valence-corrected chi connectivity index (χ4v) is 6.19. The average Bonchev–Trinajstić information content (AvgIpc) is 2.86. The molecule has 12 nitrogen and oxygen atoms in total. The third kappa shape index (κ3) is 3.73. The lowest BCUT2D eigenvalue weighted by atomic mass is 9.54. The van der Waals surface area contributed by atoms with Crippen molar-refractivity contribution in [2.45, 2.75) is 43.9 Å². The van der Waals surface area contributed by atoms with Crippen LogP contribution in [0, 0.1) is 11.8 Å². The van der Waals surface area contributed by atoms with Crippen molar-refractivity contribution in [2.24, 2.45) is 17.6 Å². The number of carbonyl (C=O) groups is 4. The zero-order chi connectivity index (χ0) is 29.1. The van der Waals surface area contributed by atoms with Gasteiger partial charge in [0.25, 0.3) is 5.91 Å². The predicted molar refractivity (Wildman–Crippen MR) is 138 cm³/mol. The second-order valence-electron chi connectivity index (χ2n) is 10.1. The molecule has 39 heavy (non-hydrogen) atoms. The molecular weight excluding hydrogens is 510 g/mol. The second kappa shape index (κ2) is 9.54. The molecule has 1 aromatic rings. The number of rotatable bonds is 6. The minimum Gasteiger partial charge on any atom is -0.508 e. The van der Waals surface area contributed by atoms with Gasteiger partial charge in [0.15, 0.2) is 11.4 Å². The Hall–Kier alpha value is -4.16. The van der Waals surface area contributed by atoms with Gasteiger partial charge in [0.1, 0.15) is 28.9 Å². The Balaban J connectivity index is 2.11. The van der Waals surface area contributed by atoms with Gasteiger partial charge < -0.3 is 36.2 Å². The number of fused-ring (bicyclic) bond motifs is 3. The Bertz CT molecular complexity index is 1380. The number of phenolic OH excluding ortho intramolecular Hbond substituents is 1. The number of hydrogen-bond acceptors (Lipinski definition) is 11. The number of likely N-dealkylation sites (N-methyl/N-ethyl adjacent to an activating group) is 1. The van der Waals surface area contributed by atoms with Gasteiger partial charge in [-0.15, -0.1) is 0 Å². The van der Waals surface area contributed by atoms with Crippen LogP contribution in [0.25, 0.3) is 5.76 Å². The van der Waals surface area contributed by atoms with E-state index in [2.05, 4.69) is 11.9 Å². The van der Waals surface area contributed by atoms with Gasteiger partial charge in [-0.25, -0.2) is 0 Å². The number of aliphatic hydroxyl groups excluding tert-OH is 2. The molecule has 0 saturated heterocycles. The largest absolute Gasteiger partial charge is 0.508 e. The molecule has 0 heterocycles. The third-order valence-electron chi connectivity index (χ3n) is 7.92. The van der Waals surface area contributed by atoms with E-state index in [1.54, 1.807) is 19.1 Å². The lowest BCUT2D eigenvalue weighted by Gasteiger charge is -2.54. The lowest BCUT2D eigenvalue weighted by Crippen LogP contribution is -2.71. The van der Waals surface area contributed by atoms with Crippen molar-refractivity contribution in [1.82, 2.24) is 4.90 Å². The first-order valence-electron chi connectivity index (χ1n) is 12.3. The number of hydrogen-bond donors (Lipinski definition) is 6. The van der Waals surface area contributed by atoms with E-state index in [-0.39, 0.29) is 17.7 Å². The molecule has 0 bridgehead atoms. The summed E-state index contributed by atoms with van der Waals surface area (Å²) in [6, 6.07) is 1.73. The number of benzene rings is 1. The van der Waals surface area contributed by atoms with Crippen molar-refractivity contribution in [3.05, 3.63) is 52.9 Å². The summed E-state index contributed by atoms with van der Waals surface area (Å²) < 4.78 is 5.78. The summed E-state index contributed by atoms with van der Waals surface area (Å²) in [6.07, 6.45) is -0.222. The van der Waals surface area contributed by atoms with E-state index in [4.69, 9.17) is 10.5 Å². The Morgan fingerprint density at radius 1 is 1.23 bits per heavy atom. The summed E-state index contributed by atoms with van der Waals surface area (Å²) in [5.74, 6) is -10.0. The van der Waals surface area contributed by atoms with E-state index in [0.717, 1.165) is 0 Å². The molecule has 6 atom stereocenters. The molecule has 1 fully saturated rings. The third-order valence-corrected chi connectivity index (χ3v) is 7.92. The summed E-state index contributed by atoms with van der Waals surface area (Å²) in [7, 11) is 2.92. The van der Waals surface area contributed by atoms with E-state index < -0.39 is 87.4 Å². The number of primary amides is 1. The van der Waals surface area contributed by atoms with Crippen LogP contribution in [0.5, 0.6) is 5.75 Å². The first-order valence-corrected chi connectivity index (χ1v) is 12.3. The number of aromatic hydroxyl groups is 1. The van der Waals surface area contributed by atoms with Crippen molar-refractivity contribution < 1.29 is 44.3 Å². The number of carbonyl (C=O) groups excluding carboxylic acids is 4. The van der Waals surface area contributed by atoms with Crippen molar-refractivity contribution in [3.63, 3.8) is 0 Å². The van der Waals surface area contributed by atoms with Gasteiger partial charge in [0.05, 0.1) is 23.2 Å². The van der Waals surface area contributed by atoms with Crippen LogP contribution in [0.1, 0.15) is 37.3 Å². The number of nitrogens with one attached hydrogen (secondary N) is 1. The van der Waals surface area contributed by atoms with E-state index in [1.807, 2.05) is 0 Å². The van der Waals surface area contributed by atoms with Gasteiger partial charge >= 0.3 is 5.97 Å². The molecule has 3 aliphatic carbocycles. The van der Waals surface area contributed by atoms with E-state index >= 15 is 0 Å². The van der Waals surface area contributed by atoms with Crippen LogP contribution in [0.4, 0.5) is 5.69 Å². The molecule has 1 saturated carbocycles. The van der Waals surface area contributed by atoms with Crippen molar-refractivity contribution in [1.29, 1.82) is 0 Å². The molecule has 1 aromatic carbocycles. The maximum atomic E-state index is 14.2. The summed E-state index contributed by atoms with van der Waals surface area (Å²) in [6.45, 7) is 6.75. The molecule has 1 amide bonds. The zero-order valence-corrected chi connectivity index (χ0v) is 21.9. The number of ether oxygens (including phenoxy) is 1. The van der Waals surface area contributed by atoms with Crippen LogP contribution >= 0.6 is 0 Å². The quantitative estimate of drug-likeness (QED) is 0.171. The number of ketones is 2. The first-order chi connectivity index (χ1) is 18.2. The smallest absolute Gasteiger partial charge is 0.305 e. The molecule has 3 aliphatic rings. The van der Waals surface area contributed by atoms with Gasteiger partial charge in [-0.2, -0.15) is 0 Å². The normalized spacial score (nSPS) is 29.9. The highest BCUT2D eigenvalue weighted by molar-refractivity contribution is 6.24. The van der Waals surface area contributed by atoms with Gasteiger partial charge in [-0.05, 0) is 37.8 Å². The average molecular weight is 542 g/mol. The highest BCUT2D eigenvalue weighted by Gasteiger charge is 2.69. The van der Waals surface area contributed by atoms with Crippen LogP contribution in [0.2, 0.25) is 0 Å². The Morgan fingerprint density at radius 2 is 1.87 bits per heavy atom. The molecule has 0 radical (unpaired) electrons. The Labute approximate surface area is 224 Å². The van der Waals surface area contributed by atoms with Crippen LogP contribution in [0.3, 0.4) is 0 Å². The fraction of sp³-hybridized carbons (Fsp3) is 0.407. The Kier molecular flexibility index (Phi) is 6.82. The summed E-state index contributed by atoms with van der Waals surface area (Å²) >= 11 is 0. The molecule has 0 aromatic heterocycles. The van der Waals surface area contributed by atoms with Gasteiger partial charge in [-0.3, -0.25) is 24.1 Å². The number of aliphatic hydroxyl groups is 3. The maximum absolute atomic E-state index is 14.2. The summed E-state index contributed by atoms with van der Waals surface area (Å²) in [5, 5.41) is 48.2. The summed E-state index contributed by atoms with van der Waals surface area (Å²) in [5.41, 5.74) is 1.46. The number of Topliss-reactive ketones (excluding diaryl/α,β-unsaturated/α-hetero) is 2. The molecule has 12 heteroatoms. The van der Waals surface area contributed by atoms with Crippen molar-refractivity contribution >= 4 is 34.9 Å². The molecule has 0 aliphatic heterocycles. The molecular formula is C27H31N3O9. The van der Waals surface area contributed by atoms with Gasteiger partial charge in [-0.1, -0.05) is 26.5 Å². The molecule has 7 N–H and O–H groups in total. The number of nitrogens with two attached hydrogens (primary N) is 1. The van der Waals surface area contributed by atoms with Crippen LogP contribution in [-0.4, -0.2) is 80.6 Å².